The van der Waals surface area contributed by atoms with Gasteiger partial charge in [0.2, 0.25) is 0 Å². The Morgan fingerprint density at radius 1 is 1.37 bits per heavy atom. The number of carbonyl (C=O) groups is 1. The van der Waals surface area contributed by atoms with Gasteiger partial charge in [-0.05, 0) is 18.1 Å². The molecule has 0 unspecified atom stereocenters. The number of hydrogen-bond acceptors (Lipinski definition) is 3. The Balaban J connectivity index is 1.63. The summed E-state index contributed by atoms with van der Waals surface area (Å²) in [5, 5.41) is 0. The van der Waals surface area contributed by atoms with Gasteiger partial charge in [0.05, 0.1) is 13.2 Å². The van der Waals surface area contributed by atoms with Crippen molar-refractivity contribution in [3.63, 3.8) is 0 Å². The van der Waals surface area contributed by atoms with Crippen molar-refractivity contribution in [2.45, 2.75) is 19.1 Å². The summed E-state index contributed by atoms with van der Waals surface area (Å²) in [7, 11) is 0. The molecule has 0 radical (unpaired) electrons. The molecule has 1 saturated heterocycles. The summed E-state index contributed by atoms with van der Waals surface area (Å²) < 4.78 is 10.7. The SMILES string of the molecule is CC1=CCN(C(=O)OCc2ccccc2)C12COC2. The molecule has 4 nitrogen and oxygen atoms in total. The average molecular weight is 259 g/mol. The molecule has 0 bridgehead atoms. The lowest BCUT2D eigenvalue weighted by atomic mass is 9.90. The van der Waals surface area contributed by atoms with Crippen LogP contribution in [0.15, 0.2) is 42.0 Å². The monoisotopic (exact) mass is 259 g/mol. The second kappa shape index (κ2) is 4.70. The zero-order chi connectivity index (χ0) is 13.3. The van der Waals surface area contributed by atoms with Crippen LogP contribution in [0.1, 0.15) is 12.5 Å². The van der Waals surface area contributed by atoms with E-state index in [9.17, 15) is 4.79 Å². The third kappa shape index (κ3) is 2.02. The minimum absolute atomic E-state index is 0.242. The fourth-order valence-electron chi connectivity index (χ4n) is 2.53. The molecule has 4 heteroatoms. The Kier molecular flexibility index (Phi) is 3.03. The number of ether oxygens (including phenoxy) is 2. The first-order valence-corrected chi connectivity index (χ1v) is 6.46. The van der Waals surface area contributed by atoms with E-state index < -0.39 is 0 Å². The Labute approximate surface area is 112 Å². The predicted octanol–water partition coefficient (Wildman–Crippen LogP) is 2.35. The summed E-state index contributed by atoms with van der Waals surface area (Å²) in [5.74, 6) is 0. The lowest BCUT2D eigenvalue weighted by Crippen LogP contribution is -2.62. The molecule has 1 fully saturated rings. The van der Waals surface area contributed by atoms with Gasteiger partial charge in [-0.1, -0.05) is 36.4 Å². The molecule has 2 aliphatic rings. The van der Waals surface area contributed by atoms with Crippen LogP contribution in [0, 0.1) is 0 Å². The number of hydrogen-bond donors (Lipinski definition) is 0. The number of carbonyl (C=O) groups excluding carboxylic acids is 1. The van der Waals surface area contributed by atoms with Crippen LogP contribution in [-0.4, -0.2) is 36.3 Å². The van der Waals surface area contributed by atoms with Gasteiger partial charge in [-0.3, -0.25) is 4.90 Å². The van der Waals surface area contributed by atoms with E-state index in [1.54, 1.807) is 4.90 Å². The van der Waals surface area contributed by atoms with Gasteiger partial charge in [-0.15, -0.1) is 0 Å². The number of nitrogens with zero attached hydrogens (tertiary/aromatic N) is 1. The zero-order valence-electron chi connectivity index (χ0n) is 11.0. The normalized spacial score (nSPS) is 20.1. The van der Waals surface area contributed by atoms with Crippen LogP contribution in [0.2, 0.25) is 0 Å². The largest absolute Gasteiger partial charge is 0.445 e. The molecule has 2 heterocycles. The molecule has 2 aliphatic heterocycles. The molecule has 19 heavy (non-hydrogen) atoms. The van der Waals surface area contributed by atoms with Gasteiger partial charge < -0.3 is 9.47 Å². The maximum Gasteiger partial charge on any atom is 0.411 e. The quantitative estimate of drug-likeness (QED) is 0.765. The van der Waals surface area contributed by atoms with Crippen LogP contribution >= 0.6 is 0 Å². The molecule has 100 valence electrons. The van der Waals surface area contributed by atoms with E-state index in [1.165, 1.54) is 5.57 Å². The number of benzene rings is 1. The average Bonchev–Trinajstić information content (AvgIpc) is 2.74. The van der Waals surface area contributed by atoms with Crippen molar-refractivity contribution in [3.8, 4) is 0 Å². The summed E-state index contributed by atoms with van der Waals surface area (Å²) in [5.41, 5.74) is 1.96. The van der Waals surface area contributed by atoms with Crippen molar-refractivity contribution in [2.24, 2.45) is 0 Å². The molecule has 0 atom stereocenters. The topological polar surface area (TPSA) is 38.8 Å². The summed E-state index contributed by atoms with van der Waals surface area (Å²) in [4.78, 5) is 14.0. The third-order valence-electron chi connectivity index (χ3n) is 3.94. The Morgan fingerprint density at radius 3 is 2.74 bits per heavy atom. The maximum absolute atomic E-state index is 12.2. The van der Waals surface area contributed by atoms with Gasteiger partial charge in [-0.25, -0.2) is 4.79 Å². The van der Waals surface area contributed by atoms with E-state index in [2.05, 4.69) is 6.08 Å². The first-order chi connectivity index (χ1) is 9.22. The Morgan fingerprint density at radius 2 is 2.11 bits per heavy atom. The Hall–Kier alpha value is -1.81. The highest BCUT2D eigenvalue weighted by atomic mass is 16.6. The highest BCUT2D eigenvalue weighted by Crippen LogP contribution is 2.37. The van der Waals surface area contributed by atoms with E-state index in [4.69, 9.17) is 9.47 Å². The molecular formula is C15H17NO3. The van der Waals surface area contributed by atoms with Gasteiger partial charge in [-0.2, -0.15) is 0 Å². The molecule has 1 spiro atoms. The molecule has 0 aliphatic carbocycles. The second-order valence-electron chi connectivity index (χ2n) is 5.06. The smallest absolute Gasteiger partial charge is 0.411 e. The molecular weight excluding hydrogens is 242 g/mol. The van der Waals surface area contributed by atoms with Crippen molar-refractivity contribution in [3.05, 3.63) is 47.5 Å². The van der Waals surface area contributed by atoms with Crippen LogP contribution in [0.4, 0.5) is 4.79 Å². The fraction of sp³-hybridized carbons (Fsp3) is 0.400. The minimum Gasteiger partial charge on any atom is -0.445 e. The molecule has 0 aromatic heterocycles. The van der Waals surface area contributed by atoms with Gasteiger partial charge in [0.1, 0.15) is 12.1 Å². The van der Waals surface area contributed by atoms with Crippen LogP contribution in [0.3, 0.4) is 0 Å². The standard InChI is InChI=1S/C15H17NO3/c1-12-7-8-16(15(12)10-18-11-15)14(17)19-9-13-5-3-2-4-6-13/h2-7H,8-11H2,1H3. The van der Waals surface area contributed by atoms with Crippen LogP contribution < -0.4 is 0 Å². The van der Waals surface area contributed by atoms with E-state index in [1.807, 2.05) is 37.3 Å². The molecule has 1 amide bonds. The lowest BCUT2D eigenvalue weighted by Gasteiger charge is -2.45. The second-order valence-corrected chi connectivity index (χ2v) is 5.06. The van der Waals surface area contributed by atoms with Gasteiger partial charge >= 0.3 is 6.09 Å². The minimum atomic E-state index is -0.264. The lowest BCUT2D eigenvalue weighted by molar-refractivity contribution is -0.101. The van der Waals surface area contributed by atoms with E-state index in [0.29, 0.717) is 26.4 Å². The molecule has 1 aromatic carbocycles. The van der Waals surface area contributed by atoms with E-state index in [-0.39, 0.29) is 11.6 Å². The maximum atomic E-state index is 12.2. The van der Waals surface area contributed by atoms with Crippen molar-refractivity contribution >= 4 is 6.09 Å². The van der Waals surface area contributed by atoms with E-state index >= 15 is 0 Å². The van der Waals surface area contributed by atoms with Gasteiger partial charge in [0, 0.05) is 6.54 Å². The first kappa shape index (κ1) is 12.2. The fourth-order valence-corrected chi connectivity index (χ4v) is 2.53. The molecule has 0 N–H and O–H groups in total. The third-order valence-corrected chi connectivity index (χ3v) is 3.94. The van der Waals surface area contributed by atoms with Crippen molar-refractivity contribution in [1.29, 1.82) is 0 Å². The number of amides is 1. The summed E-state index contributed by atoms with van der Waals surface area (Å²) in [6.45, 7) is 4.13. The van der Waals surface area contributed by atoms with E-state index in [0.717, 1.165) is 5.56 Å². The number of rotatable bonds is 2. The molecule has 0 saturated carbocycles. The highest BCUT2D eigenvalue weighted by Gasteiger charge is 2.51. The summed E-state index contributed by atoms with van der Waals surface area (Å²) >= 11 is 0. The van der Waals surface area contributed by atoms with Crippen LogP contribution in [-0.2, 0) is 16.1 Å². The summed E-state index contributed by atoms with van der Waals surface area (Å²) in [6, 6.07) is 9.71. The van der Waals surface area contributed by atoms with Crippen LogP contribution in [0.25, 0.3) is 0 Å². The zero-order valence-corrected chi connectivity index (χ0v) is 11.0. The van der Waals surface area contributed by atoms with Crippen molar-refractivity contribution < 1.29 is 14.3 Å². The first-order valence-electron chi connectivity index (χ1n) is 6.46. The van der Waals surface area contributed by atoms with Crippen molar-refractivity contribution in [2.75, 3.05) is 19.8 Å². The van der Waals surface area contributed by atoms with Crippen molar-refractivity contribution in [1.82, 2.24) is 4.90 Å². The molecule has 1 aromatic rings. The van der Waals surface area contributed by atoms with Crippen LogP contribution in [0.5, 0.6) is 0 Å². The predicted molar refractivity (Wildman–Crippen MR) is 70.6 cm³/mol. The summed E-state index contributed by atoms with van der Waals surface area (Å²) in [6.07, 6.45) is 1.81. The van der Waals surface area contributed by atoms with Gasteiger partial charge in [0.25, 0.3) is 0 Å². The highest BCUT2D eigenvalue weighted by molar-refractivity contribution is 5.71. The Bertz CT molecular complexity index is 505. The van der Waals surface area contributed by atoms with Gasteiger partial charge in [0.15, 0.2) is 0 Å². The molecule has 3 rings (SSSR count).